The normalized spacial score (nSPS) is 11.7. The average molecular weight is 380 g/mol. The minimum Gasteiger partial charge on any atom is -0.484 e. The Labute approximate surface area is 145 Å². The summed E-state index contributed by atoms with van der Waals surface area (Å²) >= 11 is 5.70. The van der Waals surface area contributed by atoms with Gasteiger partial charge in [-0.05, 0) is 19.9 Å². The van der Waals surface area contributed by atoms with E-state index in [1.54, 1.807) is 13.8 Å². The van der Waals surface area contributed by atoms with Gasteiger partial charge in [0.25, 0.3) is 5.88 Å². The fraction of sp³-hybridized carbons (Fsp3) is 0.357. The van der Waals surface area contributed by atoms with Crippen LogP contribution in [-0.2, 0) is 13.2 Å². The molecule has 11 heteroatoms. The molecule has 1 heterocycles. The summed E-state index contributed by atoms with van der Waals surface area (Å²) in [6.07, 6.45) is -5.06. The number of ether oxygens (including phenoxy) is 2. The maximum atomic E-state index is 12.9. The Bertz CT molecular complexity index is 805. The number of nitrogens with zero attached hydrogens (tertiary/aromatic N) is 3. The van der Waals surface area contributed by atoms with Crippen molar-refractivity contribution in [2.75, 3.05) is 0 Å². The van der Waals surface area contributed by atoms with Crippen molar-refractivity contribution in [3.63, 3.8) is 0 Å². The molecular weight excluding hydrogens is 367 g/mol. The van der Waals surface area contributed by atoms with Crippen molar-refractivity contribution in [1.29, 1.82) is 0 Å². The van der Waals surface area contributed by atoms with Crippen LogP contribution >= 0.6 is 11.6 Å². The van der Waals surface area contributed by atoms with Gasteiger partial charge in [0.1, 0.15) is 10.8 Å². The largest absolute Gasteiger partial charge is 0.484 e. The number of aromatic nitrogens is 2. The number of hydrogen-bond donors (Lipinski definition) is 0. The number of nitro groups is 1. The molecule has 2 aromatic rings. The van der Waals surface area contributed by atoms with Crippen LogP contribution in [0.15, 0.2) is 18.2 Å². The molecule has 0 aliphatic carbocycles. The van der Waals surface area contributed by atoms with E-state index in [1.807, 2.05) is 0 Å². The molecule has 0 saturated carbocycles. The summed E-state index contributed by atoms with van der Waals surface area (Å²) in [5.41, 5.74) is -1.46. The summed E-state index contributed by atoms with van der Waals surface area (Å²) in [5.74, 6) is -0.559. The van der Waals surface area contributed by atoms with Gasteiger partial charge in [-0.3, -0.25) is 14.8 Å². The van der Waals surface area contributed by atoms with Crippen molar-refractivity contribution in [2.45, 2.75) is 26.1 Å². The Hall–Kier alpha value is -2.49. The fourth-order valence-corrected chi connectivity index (χ4v) is 2.32. The van der Waals surface area contributed by atoms with Gasteiger partial charge in [-0.25, -0.2) is 0 Å². The molecule has 0 saturated heterocycles. The highest BCUT2D eigenvalue weighted by Crippen LogP contribution is 2.41. The average Bonchev–Trinajstić information content (AvgIpc) is 2.72. The van der Waals surface area contributed by atoms with E-state index < -0.39 is 27.7 Å². The van der Waals surface area contributed by atoms with Gasteiger partial charge < -0.3 is 9.47 Å². The highest BCUT2D eigenvalue weighted by atomic mass is 35.5. The summed E-state index contributed by atoms with van der Waals surface area (Å²) in [6.45, 7) is 3.34. The zero-order valence-corrected chi connectivity index (χ0v) is 14.1. The quantitative estimate of drug-likeness (QED) is 0.561. The monoisotopic (exact) mass is 379 g/mol. The molecule has 0 spiro atoms. The van der Waals surface area contributed by atoms with E-state index >= 15 is 0 Å². The summed E-state index contributed by atoms with van der Waals surface area (Å²) in [7, 11) is 1.07. The third-order valence-electron chi connectivity index (χ3n) is 2.93. The first-order chi connectivity index (χ1) is 11.5. The number of benzene rings is 1. The van der Waals surface area contributed by atoms with E-state index in [4.69, 9.17) is 21.1 Å². The topological polar surface area (TPSA) is 79.4 Å². The Morgan fingerprint density at radius 2 is 2.00 bits per heavy atom. The Morgan fingerprint density at radius 1 is 1.36 bits per heavy atom. The first-order valence-corrected chi connectivity index (χ1v) is 7.31. The first kappa shape index (κ1) is 18.8. The van der Waals surface area contributed by atoms with Crippen LogP contribution in [0.4, 0.5) is 18.9 Å². The van der Waals surface area contributed by atoms with Crippen LogP contribution in [0, 0.1) is 10.1 Å². The zero-order chi connectivity index (χ0) is 18.9. The van der Waals surface area contributed by atoms with Gasteiger partial charge >= 0.3 is 11.9 Å². The molecule has 0 aliphatic rings. The summed E-state index contributed by atoms with van der Waals surface area (Å²) in [5, 5.41) is 13.9. The molecule has 7 nitrogen and oxygen atoms in total. The maximum Gasteiger partial charge on any atom is 0.434 e. The van der Waals surface area contributed by atoms with E-state index in [1.165, 1.54) is 12.1 Å². The van der Waals surface area contributed by atoms with E-state index in [0.717, 1.165) is 13.1 Å². The second-order valence-electron chi connectivity index (χ2n) is 5.24. The molecule has 1 aromatic heterocycles. The lowest BCUT2D eigenvalue weighted by atomic mass is 10.2. The van der Waals surface area contributed by atoms with E-state index in [2.05, 4.69) is 5.10 Å². The van der Waals surface area contributed by atoms with E-state index in [0.29, 0.717) is 4.68 Å². The number of alkyl halides is 3. The molecule has 25 heavy (non-hydrogen) atoms. The van der Waals surface area contributed by atoms with Crippen LogP contribution < -0.4 is 9.47 Å². The number of rotatable bonds is 5. The van der Waals surface area contributed by atoms with Gasteiger partial charge in [-0.1, -0.05) is 11.6 Å². The van der Waals surface area contributed by atoms with Gasteiger partial charge in [0.15, 0.2) is 5.69 Å². The van der Waals surface area contributed by atoms with Crippen molar-refractivity contribution in [2.24, 2.45) is 7.05 Å². The molecule has 136 valence electrons. The zero-order valence-electron chi connectivity index (χ0n) is 13.3. The Morgan fingerprint density at radius 3 is 2.48 bits per heavy atom. The van der Waals surface area contributed by atoms with Crippen molar-refractivity contribution >= 4 is 17.3 Å². The lowest BCUT2D eigenvalue weighted by Gasteiger charge is -2.11. The highest BCUT2D eigenvalue weighted by Gasteiger charge is 2.39. The van der Waals surface area contributed by atoms with E-state index in [-0.39, 0.29) is 23.3 Å². The van der Waals surface area contributed by atoms with Crippen LogP contribution in [0.2, 0.25) is 5.02 Å². The molecule has 0 unspecified atom stereocenters. The SMILES string of the molecule is CC(C)Oc1cc(Oc2nn(C)c(C(F)(F)F)c2Cl)ccc1[N+](=O)[O-]. The number of nitro benzene ring substituents is 1. The van der Waals surface area contributed by atoms with Gasteiger partial charge in [-0.15, -0.1) is 5.10 Å². The summed E-state index contributed by atoms with van der Waals surface area (Å²) < 4.78 is 49.9. The van der Waals surface area contributed by atoms with E-state index in [9.17, 15) is 23.3 Å². The number of halogens is 4. The molecule has 0 amide bonds. The standard InChI is InChI=1S/C14H13ClF3N3O4/c1-7(2)24-10-6-8(4-5-9(10)21(22)23)25-13-11(15)12(14(16,17)18)20(3)19-13/h4-7H,1-3H3. The van der Waals surface area contributed by atoms with Crippen molar-refractivity contribution in [3.8, 4) is 17.4 Å². The minimum atomic E-state index is -4.71. The number of hydrogen-bond acceptors (Lipinski definition) is 5. The maximum absolute atomic E-state index is 12.9. The lowest BCUT2D eigenvalue weighted by Crippen LogP contribution is -2.12. The van der Waals surface area contributed by atoms with Gasteiger partial charge in [-0.2, -0.15) is 13.2 Å². The molecule has 0 fully saturated rings. The Balaban J connectivity index is 2.40. The number of aryl methyl sites for hydroxylation is 1. The van der Waals surface area contributed by atoms with Crippen LogP contribution in [0.3, 0.4) is 0 Å². The third kappa shape index (κ3) is 4.13. The third-order valence-corrected chi connectivity index (χ3v) is 3.27. The predicted molar refractivity (Wildman–Crippen MR) is 82.2 cm³/mol. The minimum absolute atomic E-state index is 0.00465. The van der Waals surface area contributed by atoms with Gasteiger partial charge in [0.2, 0.25) is 5.75 Å². The van der Waals surface area contributed by atoms with Crippen LogP contribution in [0.5, 0.6) is 17.4 Å². The predicted octanol–water partition coefficient (Wildman–Crippen LogP) is 4.58. The molecule has 0 aliphatic heterocycles. The molecule has 0 bridgehead atoms. The Kier molecular flexibility index (Phi) is 5.12. The lowest BCUT2D eigenvalue weighted by molar-refractivity contribution is -0.386. The van der Waals surface area contributed by atoms with Crippen molar-refractivity contribution < 1.29 is 27.6 Å². The molecular formula is C14H13ClF3N3O4. The summed E-state index contributed by atoms with van der Waals surface area (Å²) in [4.78, 5) is 10.4. The van der Waals surface area contributed by atoms with Crippen molar-refractivity contribution in [1.82, 2.24) is 9.78 Å². The van der Waals surface area contributed by atoms with Crippen LogP contribution in [0.1, 0.15) is 19.5 Å². The van der Waals surface area contributed by atoms with Gasteiger partial charge in [0.05, 0.1) is 11.0 Å². The van der Waals surface area contributed by atoms with Crippen molar-refractivity contribution in [3.05, 3.63) is 39.0 Å². The smallest absolute Gasteiger partial charge is 0.434 e. The van der Waals surface area contributed by atoms with Crippen LogP contribution in [0.25, 0.3) is 0 Å². The summed E-state index contributed by atoms with van der Waals surface area (Å²) in [6, 6.07) is 3.52. The molecule has 0 radical (unpaired) electrons. The molecule has 0 N–H and O–H groups in total. The first-order valence-electron chi connectivity index (χ1n) is 6.93. The van der Waals surface area contributed by atoms with Crippen LogP contribution in [-0.4, -0.2) is 20.8 Å². The molecule has 1 aromatic carbocycles. The van der Waals surface area contributed by atoms with Gasteiger partial charge in [0, 0.05) is 19.2 Å². The highest BCUT2D eigenvalue weighted by molar-refractivity contribution is 6.32. The fourth-order valence-electron chi connectivity index (χ4n) is 2.02. The molecule has 0 atom stereocenters. The second-order valence-corrected chi connectivity index (χ2v) is 5.62. The molecule has 2 rings (SSSR count). The second kappa shape index (κ2) is 6.79.